The van der Waals surface area contributed by atoms with Crippen LogP contribution in [0.4, 0.5) is 0 Å². The monoisotopic (exact) mass is 471 g/mol. The van der Waals surface area contributed by atoms with Crippen molar-refractivity contribution in [3.05, 3.63) is 100 Å². The van der Waals surface area contributed by atoms with Crippen LogP contribution in [0.25, 0.3) is 0 Å². The number of carbonyl (C=O) groups is 1. The van der Waals surface area contributed by atoms with Crippen LogP contribution in [0.3, 0.4) is 0 Å². The largest absolute Gasteiger partial charge is 0.456 e. The first-order valence-corrected chi connectivity index (χ1v) is 11.0. The Kier molecular flexibility index (Phi) is 6.61. The fraction of sp³-hybridized carbons (Fsp3) is 0.0909. The first kappa shape index (κ1) is 21.0. The number of sulfonamides is 1. The SMILES string of the molecule is Cc1ccc(S(=O)(=O)/N=C(/C(=O)OCc2ccccc2)c2ccc(Br)cc2)cc1. The predicted molar refractivity (Wildman–Crippen MR) is 115 cm³/mol. The number of ether oxygens (including phenoxy) is 1. The van der Waals surface area contributed by atoms with Gasteiger partial charge in [-0.3, -0.25) is 0 Å². The van der Waals surface area contributed by atoms with E-state index in [4.69, 9.17) is 4.74 Å². The van der Waals surface area contributed by atoms with E-state index in [-0.39, 0.29) is 17.2 Å². The molecule has 0 aliphatic heterocycles. The Morgan fingerprint density at radius 1 is 0.931 bits per heavy atom. The molecule has 29 heavy (non-hydrogen) atoms. The number of esters is 1. The van der Waals surface area contributed by atoms with Crippen molar-refractivity contribution in [1.29, 1.82) is 0 Å². The lowest BCUT2D eigenvalue weighted by molar-refractivity contribution is -0.136. The maximum absolute atomic E-state index is 12.8. The Balaban J connectivity index is 1.96. The molecular weight excluding hydrogens is 454 g/mol. The molecule has 3 aromatic carbocycles. The van der Waals surface area contributed by atoms with Crippen LogP contribution in [0.1, 0.15) is 16.7 Å². The molecule has 0 fully saturated rings. The van der Waals surface area contributed by atoms with Crippen molar-refractivity contribution in [1.82, 2.24) is 0 Å². The topological polar surface area (TPSA) is 72.8 Å². The third-order valence-electron chi connectivity index (χ3n) is 4.05. The van der Waals surface area contributed by atoms with Gasteiger partial charge in [-0.15, -0.1) is 0 Å². The number of halogens is 1. The molecule has 0 unspecified atom stereocenters. The highest BCUT2D eigenvalue weighted by Crippen LogP contribution is 2.17. The molecule has 0 atom stereocenters. The summed E-state index contributed by atoms with van der Waals surface area (Å²) in [4.78, 5) is 12.7. The maximum atomic E-state index is 12.8. The summed E-state index contributed by atoms with van der Waals surface area (Å²) < 4.78 is 35.5. The molecule has 0 radical (unpaired) electrons. The van der Waals surface area contributed by atoms with Gasteiger partial charge in [-0.25, -0.2) is 4.79 Å². The molecule has 3 rings (SSSR count). The molecule has 0 aliphatic carbocycles. The van der Waals surface area contributed by atoms with Crippen molar-refractivity contribution in [3.63, 3.8) is 0 Å². The Morgan fingerprint density at radius 3 is 2.17 bits per heavy atom. The van der Waals surface area contributed by atoms with Gasteiger partial charge in [0.1, 0.15) is 6.61 Å². The fourth-order valence-corrected chi connectivity index (χ4v) is 3.76. The lowest BCUT2D eigenvalue weighted by Crippen LogP contribution is -2.20. The quantitative estimate of drug-likeness (QED) is 0.386. The number of benzene rings is 3. The minimum absolute atomic E-state index is 0.00794. The van der Waals surface area contributed by atoms with Crippen LogP contribution in [-0.2, 0) is 26.2 Å². The van der Waals surface area contributed by atoms with E-state index in [1.165, 1.54) is 12.1 Å². The van der Waals surface area contributed by atoms with Crippen molar-refractivity contribution >= 4 is 37.6 Å². The second kappa shape index (κ2) is 9.15. The van der Waals surface area contributed by atoms with E-state index in [2.05, 4.69) is 20.3 Å². The van der Waals surface area contributed by atoms with Gasteiger partial charge in [0.15, 0.2) is 5.71 Å². The van der Waals surface area contributed by atoms with E-state index >= 15 is 0 Å². The smallest absolute Gasteiger partial charge is 0.358 e. The summed E-state index contributed by atoms with van der Waals surface area (Å²) in [6.07, 6.45) is 0. The zero-order valence-electron chi connectivity index (χ0n) is 15.6. The molecule has 0 heterocycles. The zero-order valence-corrected chi connectivity index (χ0v) is 18.0. The Bertz CT molecular complexity index is 1120. The van der Waals surface area contributed by atoms with Gasteiger partial charge in [-0.2, -0.15) is 12.8 Å². The molecule has 0 spiro atoms. The van der Waals surface area contributed by atoms with E-state index in [1.54, 1.807) is 36.4 Å². The van der Waals surface area contributed by atoms with Gasteiger partial charge in [-0.1, -0.05) is 76.1 Å². The molecule has 0 aromatic heterocycles. The molecule has 0 N–H and O–H groups in total. The lowest BCUT2D eigenvalue weighted by Gasteiger charge is -2.09. The normalized spacial score (nSPS) is 11.9. The molecule has 7 heteroatoms. The molecule has 3 aromatic rings. The molecule has 0 bridgehead atoms. The Morgan fingerprint density at radius 2 is 1.55 bits per heavy atom. The zero-order chi connectivity index (χ0) is 20.9. The van der Waals surface area contributed by atoms with Gasteiger partial charge in [-0.05, 0) is 36.8 Å². The molecule has 0 aliphatic rings. The van der Waals surface area contributed by atoms with Crippen molar-refractivity contribution in [2.45, 2.75) is 18.4 Å². The minimum atomic E-state index is -4.09. The second-order valence-electron chi connectivity index (χ2n) is 6.30. The number of hydrogen-bond donors (Lipinski definition) is 0. The molecule has 5 nitrogen and oxygen atoms in total. The molecular formula is C22H18BrNO4S. The molecule has 0 saturated heterocycles. The highest BCUT2D eigenvalue weighted by molar-refractivity contribution is 9.10. The molecule has 148 valence electrons. The highest BCUT2D eigenvalue weighted by atomic mass is 79.9. The lowest BCUT2D eigenvalue weighted by atomic mass is 10.1. The minimum Gasteiger partial charge on any atom is -0.456 e. The van der Waals surface area contributed by atoms with Crippen LogP contribution in [-0.4, -0.2) is 20.1 Å². The highest BCUT2D eigenvalue weighted by Gasteiger charge is 2.22. The Hall–Kier alpha value is -2.77. The Labute approximate surface area is 178 Å². The standard InChI is InChI=1S/C22H18BrNO4S/c1-16-7-13-20(14-8-16)29(26,27)24-21(18-9-11-19(23)12-10-18)22(25)28-15-17-5-3-2-4-6-17/h2-14H,15H2,1H3/b24-21+. The van der Waals surface area contributed by atoms with Gasteiger partial charge in [0, 0.05) is 10.0 Å². The number of nitrogens with zero attached hydrogens (tertiary/aromatic N) is 1. The molecule has 0 saturated carbocycles. The first-order chi connectivity index (χ1) is 13.8. The summed E-state index contributed by atoms with van der Waals surface area (Å²) >= 11 is 3.32. The summed E-state index contributed by atoms with van der Waals surface area (Å²) in [5.41, 5.74) is 1.79. The summed E-state index contributed by atoms with van der Waals surface area (Å²) in [5, 5.41) is 0. The number of rotatable bonds is 6. The first-order valence-electron chi connectivity index (χ1n) is 8.74. The van der Waals surface area contributed by atoms with Crippen LogP contribution in [0.15, 0.2) is 92.6 Å². The average Bonchev–Trinajstić information content (AvgIpc) is 2.72. The second-order valence-corrected chi connectivity index (χ2v) is 8.82. The van der Waals surface area contributed by atoms with Crippen molar-refractivity contribution in [3.8, 4) is 0 Å². The van der Waals surface area contributed by atoms with Crippen LogP contribution >= 0.6 is 15.9 Å². The van der Waals surface area contributed by atoms with Gasteiger partial charge < -0.3 is 4.74 Å². The number of hydrogen-bond acceptors (Lipinski definition) is 4. The van der Waals surface area contributed by atoms with E-state index in [1.807, 2.05) is 37.3 Å². The van der Waals surface area contributed by atoms with Crippen LogP contribution in [0.2, 0.25) is 0 Å². The van der Waals surface area contributed by atoms with Crippen molar-refractivity contribution < 1.29 is 17.9 Å². The van der Waals surface area contributed by atoms with Crippen LogP contribution < -0.4 is 0 Å². The van der Waals surface area contributed by atoms with E-state index in [9.17, 15) is 13.2 Å². The van der Waals surface area contributed by atoms with E-state index in [0.29, 0.717) is 5.56 Å². The predicted octanol–water partition coefficient (Wildman–Crippen LogP) is 4.68. The van der Waals surface area contributed by atoms with Gasteiger partial charge >= 0.3 is 5.97 Å². The fourth-order valence-electron chi connectivity index (χ4n) is 2.49. The third-order valence-corrected chi connectivity index (χ3v) is 5.87. The number of carbonyl (C=O) groups excluding carboxylic acids is 1. The van der Waals surface area contributed by atoms with E-state index < -0.39 is 16.0 Å². The van der Waals surface area contributed by atoms with Crippen LogP contribution in [0, 0.1) is 6.92 Å². The summed E-state index contributed by atoms with van der Waals surface area (Å²) in [6.45, 7) is 1.87. The third kappa shape index (κ3) is 5.62. The van der Waals surface area contributed by atoms with Crippen molar-refractivity contribution in [2.24, 2.45) is 4.40 Å². The van der Waals surface area contributed by atoms with Crippen LogP contribution in [0.5, 0.6) is 0 Å². The average molecular weight is 472 g/mol. The van der Waals surface area contributed by atoms with Crippen molar-refractivity contribution in [2.75, 3.05) is 0 Å². The van der Waals surface area contributed by atoms with E-state index in [0.717, 1.165) is 15.6 Å². The number of aryl methyl sites for hydroxylation is 1. The van der Waals surface area contributed by atoms with Gasteiger partial charge in [0.05, 0.1) is 4.90 Å². The maximum Gasteiger partial charge on any atom is 0.358 e. The van der Waals surface area contributed by atoms with Gasteiger partial charge in [0.25, 0.3) is 10.0 Å². The molecule has 0 amide bonds. The summed E-state index contributed by atoms with van der Waals surface area (Å²) in [6, 6.07) is 22.0. The summed E-state index contributed by atoms with van der Waals surface area (Å²) in [7, 11) is -4.09. The van der Waals surface area contributed by atoms with Gasteiger partial charge in [0.2, 0.25) is 0 Å². The summed E-state index contributed by atoms with van der Waals surface area (Å²) in [5.74, 6) is -0.813.